The molecule has 1 unspecified atom stereocenters. The fraction of sp³-hybridized carbons (Fsp3) is 0.300. The molecule has 0 fully saturated rings. The van der Waals surface area contributed by atoms with Crippen LogP contribution in [0.4, 0.5) is 4.79 Å². The van der Waals surface area contributed by atoms with Crippen LogP contribution in [0.1, 0.15) is 29.7 Å². The van der Waals surface area contributed by atoms with Gasteiger partial charge >= 0.3 is 12.1 Å². The van der Waals surface area contributed by atoms with Crippen LogP contribution in [-0.4, -0.2) is 30.1 Å². The van der Waals surface area contributed by atoms with Crippen LogP contribution < -0.4 is 0 Å². The molecule has 0 spiro atoms. The first-order valence-corrected chi connectivity index (χ1v) is 9.31. The van der Waals surface area contributed by atoms with E-state index in [1.807, 2.05) is 48.5 Å². The molecule has 0 aromatic heterocycles. The van der Waals surface area contributed by atoms with Crippen molar-refractivity contribution in [3.63, 3.8) is 0 Å². The lowest BCUT2D eigenvalue weighted by Gasteiger charge is -2.35. The van der Waals surface area contributed by atoms with Crippen molar-refractivity contribution in [1.29, 1.82) is 0 Å². The van der Waals surface area contributed by atoms with Crippen molar-refractivity contribution in [3.8, 4) is 0 Å². The van der Waals surface area contributed by atoms with Crippen molar-refractivity contribution in [2.45, 2.75) is 26.0 Å². The van der Waals surface area contributed by atoms with Crippen molar-refractivity contribution in [2.24, 2.45) is 0 Å². The van der Waals surface area contributed by atoms with Gasteiger partial charge in [0.05, 0.1) is 6.61 Å². The molecule has 1 amide bonds. The van der Waals surface area contributed by atoms with E-state index in [4.69, 9.17) is 9.47 Å². The topological polar surface area (TPSA) is 55.8 Å². The molecule has 1 aliphatic heterocycles. The Morgan fingerprint density at radius 1 is 1.15 bits per heavy atom. The van der Waals surface area contributed by atoms with E-state index in [-0.39, 0.29) is 13.2 Å². The Bertz CT molecular complexity index is 794. The van der Waals surface area contributed by atoms with Gasteiger partial charge in [-0.3, -0.25) is 4.90 Å². The molecule has 1 heterocycles. The largest absolute Gasteiger partial charge is 0.464 e. The summed E-state index contributed by atoms with van der Waals surface area (Å²) in [5.74, 6) is -0.438. The van der Waals surface area contributed by atoms with E-state index in [9.17, 15) is 9.59 Å². The highest BCUT2D eigenvalue weighted by Gasteiger charge is 2.37. The Kier molecular flexibility index (Phi) is 5.93. The molecule has 5 nitrogen and oxygen atoms in total. The number of rotatable bonds is 4. The molecule has 0 aliphatic carbocycles. The number of carbonyl (C=O) groups is 2. The van der Waals surface area contributed by atoms with E-state index >= 15 is 0 Å². The molecule has 0 N–H and O–H groups in total. The molecule has 1 aliphatic rings. The number of halogens is 1. The first-order valence-electron chi connectivity index (χ1n) is 8.52. The van der Waals surface area contributed by atoms with Crippen LogP contribution in [-0.2, 0) is 27.3 Å². The minimum absolute atomic E-state index is 0.166. The van der Waals surface area contributed by atoms with E-state index < -0.39 is 18.1 Å². The van der Waals surface area contributed by atoms with Crippen LogP contribution in [0, 0.1) is 0 Å². The molecule has 0 bridgehead atoms. The number of fused-ring (bicyclic) bond motifs is 1. The second-order valence-electron chi connectivity index (χ2n) is 5.98. The van der Waals surface area contributed by atoms with Gasteiger partial charge in [0.1, 0.15) is 6.61 Å². The van der Waals surface area contributed by atoms with Crippen LogP contribution in [0.5, 0.6) is 0 Å². The third-order valence-corrected chi connectivity index (χ3v) is 4.78. The van der Waals surface area contributed by atoms with E-state index in [0.717, 1.165) is 21.2 Å². The smallest absolute Gasteiger partial charge is 0.411 e. The van der Waals surface area contributed by atoms with E-state index in [0.29, 0.717) is 13.0 Å². The predicted molar refractivity (Wildman–Crippen MR) is 101 cm³/mol. The number of carbonyl (C=O) groups excluding carboxylic acids is 2. The Morgan fingerprint density at radius 2 is 1.92 bits per heavy atom. The zero-order valence-corrected chi connectivity index (χ0v) is 16.1. The van der Waals surface area contributed by atoms with Crippen molar-refractivity contribution in [1.82, 2.24) is 4.90 Å². The maximum atomic E-state index is 12.7. The number of ether oxygens (including phenoxy) is 2. The Morgan fingerprint density at radius 3 is 2.65 bits per heavy atom. The van der Waals surface area contributed by atoms with Crippen molar-refractivity contribution in [2.75, 3.05) is 13.2 Å². The summed E-state index contributed by atoms with van der Waals surface area (Å²) in [4.78, 5) is 26.7. The van der Waals surface area contributed by atoms with Gasteiger partial charge in [-0.1, -0.05) is 52.3 Å². The number of hydrogen-bond donors (Lipinski definition) is 0. The molecule has 3 rings (SSSR count). The molecule has 26 heavy (non-hydrogen) atoms. The maximum absolute atomic E-state index is 12.7. The quantitative estimate of drug-likeness (QED) is 0.697. The average molecular weight is 418 g/mol. The molecule has 2 aromatic carbocycles. The molecule has 0 radical (unpaired) electrons. The summed E-state index contributed by atoms with van der Waals surface area (Å²) in [5, 5.41) is 0. The zero-order chi connectivity index (χ0) is 18.5. The number of nitrogens with zero attached hydrogens (tertiary/aromatic N) is 1. The Balaban J connectivity index is 1.81. The Labute approximate surface area is 161 Å². The summed E-state index contributed by atoms with van der Waals surface area (Å²) in [6.45, 7) is 2.58. The van der Waals surface area contributed by atoms with Gasteiger partial charge in [0.25, 0.3) is 0 Å². The fourth-order valence-electron chi connectivity index (χ4n) is 3.07. The van der Waals surface area contributed by atoms with Gasteiger partial charge in [0.2, 0.25) is 0 Å². The lowest BCUT2D eigenvalue weighted by Crippen LogP contribution is -2.44. The van der Waals surface area contributed by atoms with Gasteiger partial charge in [-0.25, -0.2) is 9.59 Å². The first-order chi connectivity index (χ1) is 12.6. The Hall–Kier alpha value is -2.34. The summed E-state index contributed by atoms with van der Waals surface area (Å²) in [5.41, 5.74) is 2.72. The van der Waals surface area contributed by atoms with Gasteiger partial charge in [-0.15, -0.1) is 0 Å². The van der Waals surface area contributed by atoms with Crippen LogP contribution in [0.15, 0.2) is 53.0 Å². The molecule has 6 heteroatoms. The molecule has 0 saturated heterocycles. The van der Waals surface area contributed by atoms with E-state index in [1.165, 1.54) is 4.90 Å². The van der Waals surface area contributed by atoms with Gasteiger partial charge in [-0.2, -0.15) is 0 Å². The summed E-state index contributed by atoms with van der Waals surface area (Å²) >= 11 is 3.45. The summed E-state index contributed by atoms with van der Waals surface area (Å²) in [7, 11) is 0. The fourth-order valence-corrected chi connectivity index (χ4v) is 3.48. The highest BCUT2D eigenvalue weighted by molar-refractivity contribution is 9.10. The number of amides is 1. The molecule has 0 saturated carbocycles. The van der Waals surface area contributed by atoms with Crippen LogP contribution in [0.25, 0.3) is 0 Å². The summed E-state index contributed by atoms with van der Waals surface area (Å²) in [6.07, 6.45) is 0.144. The number of esters is 1. The zero-order valence-electron chi connectivity index (χ0n) is 14.5. The minimum Gasteiger partial charge on any atom is -0.464 e. The third kappa shape index (κ3) is 4.07. The van der Waals surface area contributed by atoms with Crippen molar-refractivity contribution < 1.29 is 19.1 Å². The predicted octanol–water partition coefficient (Wildman–Crippen LogP) is 4.25. The van der Waals surface area contributed by atoms with Crippen LogP contribution >= 0.6 is 15.9 Å². The minimum atomic E-state index is -0.782. The van der Waals surface area contributed by atoms with Gasteiger partial charge in [0, 0.05) is 11.0 Å². The van der Waals surface area contributed by atoms with Gasteiger partial charge < -0.3 is 9.47 Å². The molecule has 136 valence electrons. The number of benzene rings is 2. The molecular weight excluding hydrogens is 398 g/mol. The van der Waals surface area contributed by atoms with Crippen molar-refractivity contribution >= 4 is 28.0 Å². The highest BCUT2D eigenvalue weighted by Crippen LogP contribution is 2.33. The normalized spacial score (nSPS) is 15.9. The summed E-state index contributed by atoms with van der Waals surface area (Å²) < 4.78 is 11.6. The second kappa shape index (κ2) is 8.36. The van der Waals surface area contributed by atoms with E-state index in [2.05, 4.69) is 15.9 Å². The van der Waals surface area contributed by atoms with Gasteiger partial charge in [0.15, 0.2) is 6.04 Å². The first kappa shape index (κ1) is 18.5. The standard InChI is InChI=1S/C20H20BrNO4/c1-2-25-19(23)18-17-9-8-16(21)12-15(17)10-11-22(18)20(24)26-13-14-6-4-3-5-7-14/h3-9,12,18H,2,10-11,13H2,1H3. The van der Waals surface area contributed by atoms with Crippen LogP contribution in [0.2, 0.25) is 0 Å². The molecule has 1 atom stereocenters. The monoisotopic (exact) mass is 417 g/mol. The van der Waals surface area contributed by atoms with E-state index in [1.54, 1.807) is 6.92 Å². The SMILES string of the molecule is CCOC(=O)C1c2ccc(Br)cc2CCN1C(=O)OCc1ccccc1. The third-order valence-electron chi connectivity index (χ3n) is 4.28. The van der Waals surface area contributed by atoms with Crippen molar-refractivity contribution in [3.05, 3.63) is 69.7 Å². The maximum Gasteiger partial charge on any atom is 0.411 e. The highest BCUT2D eigenvalue weighted by atomic mass is 79.9. The lowest BCUT2D eigenvalue weighted by atomic mass is 9.93. The van der Waals surface area contributed by atoms with Gasteiger partial charge in [-0.05, 0) is 42.2 Å². The second-order valence-corrected chi connectivity index (χ2v) is 6.90. The average Bonchev–Trinajstić information content (AvgIpc) is 2.66. The van der Waals surface area contributed by atoms with Crippen LogP contribution in [0.3, 0.4) is 0 Å². The summed E-state index contributed by atoms with van der Waals surface area (Å²) in [6, 6.07) is 14.4. The number of hydrogen-bond acceptors (Lipinski definition) is 4. The molecular formula is C20H20BrNO4. The molecule has 2 aromatic rings. The lowest BCUT2D eigenvalue weighted by molar-refractivity contribution is -0.149.